The Morgan fingerprint density at radius 2 is 2.00 bits per heavy atom. The molecule has 0 unspecified atom stereocenters. The second-order valence-electron chi connectivity index (χ2n) is 9.73. The maximum Gasteiger partial charge on any atom is 0.409 e. The molecule has 0 bridgehead atoms. The van der Waals surface area contributed by atoms with E-state index in [9.17, 15) is 9.90 Å². The first-order chi connectivity index (χ1) is 18.3. The Morgan fingerprint density at radius 1 is 1.24 bits per heavy atom. The molecule has 10 heteroatoms. The fourth-order valence-corrected chi connectivity index (χ4v) is 4.71. The number of ether oxygens (including phenoxy) is 2. The number of nitrogens with one attached hydrogen (secondary N) is 1. The minimum Gasteiger partial charge on any atom is -0.491 e. The maximum absolute atomic E-state index is 11.9. The standard InChI is InChI=1S/C28H37N5O5/c1-6-8-22(34)16-37-23-10-7-9-20(15-23)27-30-25(24-18(3)32-38-19(24)4)17(2)26(31-27)29-21-11-13-33(14-12-21)28(35)36-5/h7,9-10,15,21-22,34H,6,8,11-14,16H2,1-5H3,(H,29,30,31)/t22-/m0/s1. The van der Waals surface area contributed by atoms with Crippen molar-refractivity contribution in [3.05, 3.63) is 41.3 Å². The van der Waals surface area contributed by atoms with Crippen molar-refractivity contribution >= 4 is 11.9 Å². The van der Waals surface area contributed by atoms with Gasteiger partial charge in [0.05, 0.1) is 30.2 Å². The highest BCUT2D eigenvalue weighted by Gasteiger charge is 2.26. The van der Waals surface area contributed by atoms with E-state index in [2.05, 4.69) is 10.5 Å². The van der Waals surface area contributed by atoms with Gasteiger partial charge >= 0.3 is 6.09 Å². The van der Waals surface area contributed by atoms with E-state index in [4.69, 9.17) is 24.0 Å². The number of benzene rings is 1. The minimum atomic E-state index is -0.508. The third-order valence-electron chi connectivity index (χ3n) is 6.84. The number of likely N-dealkylation sites (tertiary alicyclic amines) is 1. The Hall–Kier alpha value is -3.66. The van der Waals surface area contributed by atoms with Gasteiger partial charge in [0.15, 0.2) is 5.82 Å². The van der Waals surface area contributed by atoms with Crippen LogP contribution in [-0.2, 0) is 4.74 Å². The number of aromatic nitrogens is 3. The second kappa shape index (κ2) is 12.3. The molecule has 1 aliphatic heterocycles. The van der Waals surface area contributed by atoms with Crippen LogP contribution in [0.15, 0.2) is 28.8 Å². The number of aryl methyl sites for hydroxylation is 2. The van der Waals surface area contributed by atoms with E-state index in [1.54, 1.807) is 4.90 Å². The molecule has 204 valence electrons. The van der Waals surface area contributed by atoms with Gasteiger partial charge in [-0.15, -0.1) is 0 Å². The molecule has 0 radical (unpaired) electrons. The zero-order valence-corrected chi connectivity index (χ0v) is 22.8. The Morgan fingerprint density at radius 3 is 2.66 bits per heavy atom. The number of carbonyl (C=O) groups is 1. The van der Waals surface area contributed by atoms with Gasteiger partial charge in [-0.25, -0.2) is 14.8 Å². The summed E-state index contributed by atoms with van der Waals surface area (Å²) in [7, 11) is 1.40. The zero-order chi connectivity index (χ0) is 27.2. The van der Waals surface area contributed by atoms with E-state index in [1.165, 1.54) is 7.11 Å². The largest absolute Gasteiger partial charge is 0.491 e. The van der Waals surface area contributed by atoms with Crippen molar-refractivity contribution in [2.24, 2.45) is 0 Å². The van der Waals surface area contributed by atoms with Gasteiger partial charge in [0.2, 0.25) is 0 Å². The summed E-state index contributed by atoms with van der Waals surface area (Å²) in [6, 6.07) is 7.73. The first-order valence-electron chi connectivity index (χ1n) is 13.1. The maximum atomic E-state index is 11.9. The predicted molar refractivity (Wildman–Crippen MR) is 144 cm³/mol. The monoisotopic (exact) mass is 523 g/mol. The lowest BCUT2D eigenvalue weighted by atomic mass is 10.0. The third-order valence-corrected chi connectivity index (χ3v) is 6.84. The SMILES string of the molecule is CCC[C@H](O)COc1cccc(-c2nc(NC3CCN(C(=O)OC)CC3)c(C)c(-c3c(C)noc3C)n2)c1. The van der Waals surface area contributed by atoms with Crippen molar-refractivity contribution in [3.63, 3.8) is 0 Å². The van der Waals surface area contributed by atoms with Crippen molar-refractivity contribution < 1.29 is 23.9 Å². The topological polar surface area (TPSA) is 123 Å². The molecule has 3 aromatic rings. The van der Waals surface area contributed by atoms with Crippen molar-refractivity contribution in [3.8, 4) is 28.4 Å². The van der Waals surface area contributed by atoms with Gasteiger partial charge in [0.25, 0.3) is 0 Å². The van der Waals surface area contributed by atoms with Crippen molar-refractivity contribution in [1.29, 1.82) is 0 Å². The quantitative estimate of drug-likeness (QED) is 0.403. The van der Waals surface area contributed by atoms with E-state index in [0.717, 1.165) is 53.2 Å². The molecule has 10 nitrogen and oxygen atoms in total. The molecule has 1 aliphatic rings. The van der Waals surface area contributed by atoms with Crippen LogP contribution in [0.2, 0.25) is 0 Å². The van der Waals surface area contributed by atoms with E-state index in [-0.39, 0.29) is 18.7 Å². The van der Waals surface area contributed by atoms with Crippen LogP contribution < -0.4 is 10.1 Å². The van der Waals surface area contributed by atoms with Crippen molar-refractivity contribution in [2.75, 3.05) is 32.1 Å². The Bertz CT molecular complexity index is 1230. The molecule has 3 heterocycles. The highest BCUT2D eigenvalue weighted by Crippen LogP contribution is 2.34. The lowest BCUT2D eigenvalue weighted by Gasteiger charge is -2.32. The summed E-state index contributed by atoms with van der Waals surface area (Å²) in [5, 5.41) is 17.8. The molecule has 1 saturated heterocycles. The third kappa shape index (κ3) is 6.24. The predicted octanol–water partition coefficient (Wildman–Crippen LogP) is 4.91. The molecule has 4 rings (SSSR count). The Labute approximate surface area is 223 Å². The molecule has 2 N–H and O–H groups in total. The fourth-order valence-electron chi connectivity index (χ4n) is 4.71. The molecule has 0 saturated carbocycles. The zero-order valence-electron chi connectivity index (χ0n) is 22.8. The van der Waals surface area contributed by atoms with Crippen LogP contribution in [0.1, 0.15) is 49.6 Å². The number of piperidine rings is 1. The molecule has 0 spiro atoms. The smallest absolute Gasteiger partial charge is 0.409 e. The normalized spacial score (nSPS) is 14.8. The summed E-state index contributed by atoms with van der Waals surface area (Å²) < 4.78 is 16.2. The van der Waals surface area contributed by atoms with Crippen LogP contribution in [0.5, 0.6) is 5.75 Å². The minimum absolute atomic E-state index is 0.143. The fraction of sp³-hybridized carbons (Fsp3) is 0.500. The highest BCUT2D eigenvalue weighted by molar-refractivity contribution is 5.74. The highest BCUT2D eigenvalue weighted by atomic mass is 16.5. The summed E-state index contributed by atoms with van der Waals surface area (Å²) in [5.41, 5.74) is 4.06. The summed E-state index contributed by atoms with van der Waals surface area (Å²) >= 11 is 0. The van der Waals surface area contributed by atoms with Gasteiger partial charge in [0.1, 0.15) is 23.9 Å². The van der Waals surface area contributed by atoms with Crippen LogP contribution in [0.4, 0.5) is 10.6 Å². The van der Waals surface area contributed by atoms with Crippen molar-refractivity contribution in [2.45, 2.75) is 65.5 Å². The number of nitrogens with zero attached hydrogens (tertiary/aromatic N) is 4. The molecule has 1 amide bonds. The van der Waals surface area contributed by atoms with Crippen LogP contribution in [0, 0.1) is 20.8 Å². The van der Waals surface area contributed by atoms with E-state index in [0.29, 0.717) is 36.8 Å². The average molecular weight is 524 g/mol. The van der Waals surface area contributed by atoms with E-state index in [1.807, 2.05) is 52.0 Å². The van der Waals surface area contributed by atoms with Gasteiger partial charge in [-0.3, -0.25) is 0 Å². The number of aliphatic hydroxyl groups excluding tert-OH is 1. The summed E-state index contributed by atoms with van der Waals surface area (Å²) in [5.74, 6) is 2.60. The average Bonchev–Trinajstić information content (AvgIpc) is 3.26. The molecule has 2 aromatic heterocycles. The number of carbonyl (C=O) groups excluding carboxylic acids is 1. The first-order valence-corrected chi connectivity index (χ1v) is 13.1. The number of anilines is 1. The molecule has 38 heavy (non-hydrogen) atoms. The number of methoxy groups -OCH3 is 1. The molecular formula is C28H37N5O5. The second-order valence-corrected chi connectivity index (χ2v) is 9.73. The Kier molecular flexibility index (Phi) is 8.83. The van der Waals surface area contributed by atoms with E-state index < -0.39 is 6.10 Å². The number of aliphatic hydroxyl groups is 1. The molecule has 1 fully saturated rings. The Balaban J connectivity index is 1.66. The summed E-state index contributed by atoms with van der Waals surface area (Å²) in [6.45, 7) is 9.26. The molecule has 1 atom stereocenters. The van der Waals surface area contributed by atoms with Crippen LogP contribution in [-0.4, -0.2) is 70.2 Å². The number of hydrogen-bond donors (Lipinski definition) is 2. The first kappa shape index (κ1) is 27.4. The van der Waals surface area contributed by atoms with Crippen LogP contribution in [0.25, 0.3) is 22.6 Å². The van der Waals surface area contributed by atoms with Gasteiger partial charge in [0, 0.05) is 30.3 Å². The molecular weight excluding hydrogens is 486 g/mol. The molecule has 1 aromatic carbocycles. The summed E-state index contributed by atoms with van der Waals surface area (Å²) in [6.07, 6.45) is 2.33. The van der Waals surface area contributed by atoms with Gasteiger partial charge in [-0.05, 0) is 52.2 Å². The van der Waals surface area contributed by atoms with Crippen molar-refractivity contribution in [1.82, 2.24) is 20.0 Å². The van der Waals surface area contributed by atoms with Gasteiger partial charge < -0.3 is 29.3 Å². The summed E-state index contributed by atoms with van der Waals surface area (Å²) in [4.78, 5) is 23.5. The van der Waals surface area contributed by atoms with Crippen LogP contribution >= 0.6 is 0 Å². The van der Waals surface area contributed by atoms with E-state index >= 15 is 0 Å². The number of rotatable bonds is 9. The van der Waals surface area contributed by atoms with Gasteiger partial charge in [-0.1, -0.05) is 30.6 Å². The number of amides is 1. The lowest BCUT2D eigenvalue weighted by Crippen LogP contribution is -2.42. The van der Waals surface area contributed by atoms with Crippen LogP contribution in [0.3, 0.4) is 0 Å². The molecule has 0 aliphatic carbocycles. The lowest BCUT2D eigenvalue weighted by molar-refractivity contribution is 0.0994. The number of hydrogen-bond acceptors (Lipinski definition) is 9. The van der Waals surface area contributed by atoms with Gasteiger partial charge in [-0.2, -0.15) is 0 Å².